The Kier molecular flexibility index (Phi) is 3.43. The number of hydrogen-bond donors (Lipinski definition) is 1. The standard InChI is InChI=1S/C16H18N2O3/c1-10(2)18-15(14(20-3)9-17-18)16(19)13-8-11-6-4-5-7-12(11)21-13/h4-10,16,19H,1-3H3. The summed E-state index contributed by atoms with van der Waals surface area (Å²) >= 11 is 0. The topological polar surface area (TPSA) is 60.4 Å². The number of rotatable bonds is 4. The van der Waals surface area contributed by atoms with Gasteiger partial charge in [-0.2, -0.15) is 5.10 Å². The highest BCUT2D eigenvalue weighted by Gasteiger charge is 2.25. The van der Waals surface area contributed by atoms with Crippen LogP contribution in [-0.4, -0.2) is 22.0 Å². The second-order valence-corrected chi connectivity index (χ2v) is 5.23. The fourth-order valence-corrected chi connectivity index (χ4v) is 2.46. The molecular weight excluding hydrogens is 268 g/mol. The first kappa shape index (κ1) is 13.7. The van der Waals surface area contributed by atoms with E-state index in [-0.39, 0.29) is 6.04 Å². The van der Waals surface area contributed by atoms with Crippen LogP contribution in [0.3, 0.4) is 0 Å². The van der Waals surface area contributed by atoms with Gasteiger partial charge in [0.25, 0.3) is 0 Å². The first-order chi connectivity index (χ1) is 10.1. The van der Waals surface area contributed by atoms with Crippen LogP contribution in [-0.2, 0) is 0 Å². The third-order valence-electron chi connectivity index (χ3n) is 3.48. The van der Waals surface area contributed by atoms with Crippen molar-refractivity contribution in [2.45, 2.75) is 26.0 Å². The van der Waals surface area contributed by atoms with Gasteiger partial charge in [-0.25, -0.2) is 0 Å². The summed E-state index contributed by atoms with van der Waals surface area (Å²) in [6.07, 6.45) is 0.693. The zero-order valence-corrected chi connectivity index (χ0v) is 12.3. The van der Waals surface area contributed by atoms with E-state index in [2.05, 4.69) is 5.10 Å². The Bertz CT molecular complexity index is 725. The Labute approximate surface area is 122 Å². The van der Waals surface area contributed by atoms with Crippen molar-refractivity contribution in [3.8, 4) is 5.75 Å². The van der Waals surface area contributed by atoms with Crippen LogP contribution in [0.25, 0.3) is 11.0 Å². The third kappa shape index (κ3) is 2.29. The lowest BCUT2D eigenvalue weighted by Gasteiger charge is -2.15. The molecule has 0 aliphatic carbocycles. The Balaban J connectivity index is 2.08. The van der Waals surface area contributed by atoms with Crippen LogP contribution in [0.1, 0.15) is 37.4 Å². The lowest BCUT2D eigenvalue weighted by Crippen LogP contribution is -2.12. The van der Waals surface area contributed by atoms with E-state index in [9.17, 15) is 5.11 Å². The van der Waals surface area contributed by atoms with Gasteiger partial charge < -0.3 is 14.3 Å². The maximum atomic E-state index is 10.7. The SMILES string of the molecule is COc1cnn(C(C)C)c1C(O)c1cc2ccccc2o1. The van der Waals surface area contributed by atoms with Gasteiger partial charge in [0.1, 0.15) is 17.0 Å². The molecule has 2 aromatic heterocycles. The van der Waals surface area contributed by atoms with Crippen LogP contribution < -0.4 is 4.74 Å². The highest BCUT2D eigenvalue weighted by Crippen LogP contribution is 2.34. The number of aliphatic hydroxyl groups is 1. The van der Waals surface area contributed by atoms with E-state index in [1.165, 1.54) is 0 Å². The van der Waals surface area contributed by atoms with E-state index in [1.54, 1.807) is 18.0 Å². The normalized spacial score (nSPS) is 13.0. The molecule has 5 heteroatoms. The van der Waals surface area contributed by atoms with Crippen LogP contribution in [0.4, 0.5) is 0 Å². The van der Waals surface area contributed by atoms with E-state index in [1.807, 2.05) is 44.2 Å². The number of fused-ring (bicyclic) bond motifs is 1. The minimum Gasteiger partial charge on any atom is -0.493 e. The summed E-state index contributed by atoms with van der Waals surface area (Å²) in [5, 5.41) is 15.9. The van der Waals surface area contributed by atoms with Gasteiger partial charge in [-0.05, 0) is 26.0 Å². The number of para-hydroxylation sites is 1. The van der Waals surface area contributed by atoms with E-state index >= 15 is 0 Å². The summed E-state index contributed by atoms with van der Waals surface area (Å²) in [6, 6.07) is 9.63. The minimum atomic E-state index is -0.919. The Morgan fingerprint density at radius 2 is 2.05 bits per heavy atom. The predicted molar refractivity (Wildman–Crippen MR) is 79.4 cm³/mol. The summed E-state index contributed by atoms with van der Waals surface area (Å²) in [5.41, 5.74) is 1.35. The van der Waals surface area contributed by atoms with Crippen molar-refractivity contribution in [1.29, 1.82) is 0 Å². The van der Waals surface area contributed by atoms with Crippen molar-refractivity contribution in [3.05, 3.63) is 48.0 Å². The number of benzene rings is 1. The summed E-state index contributed by atoms with van der Waals surface area (Å²) in [7, 11) is 1.57. The summed E-state index contributed by atoms with van der Waals surface area (Å²) in [5.74, 6) is 1.04. The molecule has 0 aliphatic heterocycles. The molecule has 21 heavy (non-hydrogen) atoms. The number of nitrogens with zero attached hydrogens (tertiary/aromatic N) is 2. The lowest BCUT2D eigenvalue weighted by molar-refractivity contribution is 0.174. The quantitative estimate of drug-likeness (QED) is 0.799. The number of aliphatic hydroxyl groups excluding tert-OH is 1. The molecule has 0 fully saturated rings. The van der Waals surface area contributed by atoms with Crippen molar-refractivity contribution in [1.82, 2.24) is 9.78 Å². The van der Waals surface area contributed by atoms with Gasteiger partial charge in [0.05, 0.1) is 13.3 Å². The van der Waals surface area contributed by atoms with Crippen molar-refractivity contribution < 1.29 is 14.3 Å². The molecule has 1 N–H and O–H groups in total. The van der Waals surface area contributed by atoms with Gasteiger partial charge in [-0.15, -0.1) is 0 Å². The van der Waals surface area contributed by atoms with Gasteiger partial charge in [0, 0.05) is 11.4 Å². The maximum absolute atomic E-state index is 10.7. The molecule has 0 bridgehead atoms. The maximum Gasteiger partial charge on any atom is 0.163 e. The molecule has 1 aromatic carbocycles. The molecule has 2 heterocycles. The van der Waals surface area contributed by atoms with Gasteiger partial charge in [-0.3, -0.25) is 4.68 Å². The molecule has 0 amide bonds. The number of furan rings is 1. The molecule has 3 aromatic rings. The van der Waals surface area contributed by atoms with E-state index < -0.39 is 6.10 Å². The largest absolute Gasteiger partial charge is 0.493 e. The molecule has 0 radical (unpaired) electrons. The zero-order valence-electron chi connectivity index (χ0n) is 12.3. The van der Waals surface area contributed by atoms with Crippen molar-refractivity contribution >= 4 is 11.0 Å². The van der Waals surface area contributed by atoms with Gasteiger partial charge in [0.2, 0.25) is 0 Å². The Morgan fingerprint density at radius 3 is 2.71 bits per heavy atom. The Morgan fingerprint density at radius 1 is 1.29 bits per heavy atom. The number of methoxy groups -OCH3 is 1. The van der Waals surface area contributed by atoms with Crippen molar-refractivity contribution in [3.63, 3.8) is 0 Å². The molecule has 1 unspecified atom stereocenters. The van der Waals surface area contributed by atoms with E-state index in [4.69, 9.17) is 9.15 Å². The fraction of sp³-hybridized carbons (Fsp3) is 0.312. The number of hydrogen-bond acceptors (Lipinski definition) is 4. The second-order valence-electron chi connectivity index (χ2n) is 5.23. The highest BCUT2D eigenvalue weighted by molar-refractivity contribution is 5.77. The predicted octanol–water partition coefficient (Wildman–Crippen LogP) is 3.30. The molecule has 0 saturated heterocycles. The number of ether oxygens (including phenoxy) is 1. The smallest absolute Gasteiger partial charge is 0.163 e. The number of aromatic nitrogens is 2. The first-order valence-corrected chi connectivity index (χ1v) is 6.89. The fourth-order valence-electron chi connectivity index (χ4n) is 2.46. The molecule has 5 nitrogen and oxygen atoms in total. The average Bonchev–Trinajstić information content (AvgIpc) is 3.09. The summed E-state index contributed by atoms with van der Waals surface area (Å²) in [4.78, 5) is 0. The lowest BCUT2D eigenvalue weighted by atomic mass is 10.1. The second kappa shape index (κ2) is 5.26. The van der Waals surface area contributed by atoms with Crippen LogP contribution >= 0.6 is 0 Å². The van der Waals surface area contributed by atoms with Gasteiger partial charge >= 0.3 is 0 Å². The zero-order chi connectivity index (χ0) is 15.0. The monoisotopic (exact) mass is 286 g/mol. The Hall–Kier alpha value is -2.27. The average molecular weight is 286 g/mol. The van der Waals surface area contributed by atoms with E-state index in [0.717, 1.165) is 11.0 Å². The molecule has 0 spiro atoms. The minimum absolute atomic E-state index is 0.114. The van der Waals surface area contributed by atoms with Crippen molar-refractivity contribution in [2.75, 3.05) is 7.11 Å². The van der Waals surface area contributed by atoms with Crippen LogP contribution in [0.5, 0.6) is 5.75 Å². The molecule has 0 aliphatic rings. The highest BCUT2D eigenvalue weighted by atomic mass is 16.5. The van der Waals surface area contributed by atoms with Gasteiger partial charge in [0.15, 0.2) is 11.9 Å². The molecular formula is C16H18N2O3. The molecule has 0 saturated carbocycles. The van der Waals surface area contributed by atoms with Crippen LogP contribution in [0.2, 0.25) is 0 Å². The third-order valence-corrected chi connectivity index (χ3v) is 3.48. The molecule has 1 atom stereocenters. The van der Waals surface area contributed by atoms with Crippen LogP contribution in [0, 0.1) is 0 Å². The molecule has 3 rings (SSSR count). The summed E-state index contributed by atoms with van der Waals surface area (Å²) in [6.45, 7) is 4.00. The van der Waals surface area contributed by atoms with Crippen LogP contribution in [0.15, 0.2) is 40.9 Å². The molecule has 110 valence electrons. The van der Waals surface area contributed by atoms with E-state index in [0.29, 0.717) is 17.2 Å². The summed E-state index contributed by atoms with van der Waals surface area (Å²) < 4.78 is 12.8. The van der Waals surface area contributed by atoms with Gasteiger partial charge in [-0.1, -0.05) is 18.2 Å². The van der Waals surface area contributed by atoms with Crippen molar-refractivity contribution in [2.24, 2.45) is 0 Å². The first-order valence-electron chi connectivity index (χ1n) is 6.89.